The van der Waals surface area contributed by atoms with Gasteiger partial charge in [-0.1, -0.05) is 23.2 Å². The molecule has 0 radical (unpaired) electrons. The van der Waals surface area contributed by atoms with Gasteiger partial charge in [0.15, 0.2) is 0 Å². The molecule has 0 unspecified atom stereocenters. The predicted octanol–water partition coefficient (Wildman–Crippen LogP) is 4.96. The van der Waals surface area contributed by atoms with Gasteiger partial charge in [-0.05, 0) is 34.1 Å². The van der Waals surface area contributed by atoms with E-state index >= 15 is 0 Å². The highest BCUT2D eigenvalue weighted by Gasteiger charge is 2.08. The van der Waals surface area contributed by atoms with Crippen LogP contribution in [0.5, 0.6) is 0 Å². The number of hydrogen-bond donors (Lipinski definition) is 1. The molecule has 5 heteroatoms. The van der Waals surface area contributed by atoms with Gasteiger partial charge in [-0.15, -0.1) is 0 Å². The van der Waals surface area contributed by atoms with Gasteiger partial charge in [-0.25, -0.2) is 0 Å². The molecule has 1 aromatic heterocycles. The molecular weight excluding hydrogens is 313 g/mol. The number of halogens is 3. The van der Waals surface area contributed by atoms with E-state index in [1.807, 2.05) is 18.2 Å². The molecule has 0 bridgehead atoms. The fourth-order valence-electron chi connectivity index (χ4n) is 1.25. The Hall–Kier alpha value is -0.640. The van der Waals surface area contributed by atoms with E-state index in [1.54, 1.807) is 12.5 Å². The van der Waals surface area contributed by atoms with Crippen LogP contribution in [0.1, 0.15) is 5.56 Å². The second-order valence-electron chi connectivity index (χ2n) is 3.21. The summed E-state index contributed by atoms with van der Waals surface area (Å²) in [5, 5.41) is 4.21. The molecule has 0 spiro atoms. The molecule has 0 saturated carbocycles. The number of anilines is 1. The van der Waals surface area contributed by atoms with Crippen LogP contribution in [0, 0.1) is 0 Å². The van der Waals surface area contributed by atoms with Gasteiger partial charge in [-0.3, -0.25) is 0 Å². The molecule has 0 aliphatic carbocycles. The number of hydrogen-bond acceptors (Lipinski definition) is 2. The zero-order chi connectivity index (χ0) is 11.5. The zero-order valence-corrected chi connectivity index (χ0v) is 11.2. The van der Waals surface area contributed by atoms with Gasteiger partial charge in [0.05, 0.1) is 28.3 Å². The van der Waals surface area contributed by atoms with Gasteiger partial charge in [0, 0.05) is 16.6 Å². The van der Waals surface area contributed by atoms with Gasteiger partial charge >= 0.3 is 0 Å². The molecule has 84 valence electrons. The summed E-state index contributed by atoms with van der Waals surface area (Å²) in [7, 11) is 0. The quantitative estimate of drug-likeness (QED) is 0.808. The molecule has 2 nitrogen and oxygen atoms in total. The van der Waals surface area contributed by atoms with Gasteiger partial charge in [0.2, 0.25) is 0 Å². The van der Waals surface area contributed by atoms with Crippen molar-refractivity contribution in [2.45, 2.75) is 6.54 Å². The van der Waals surface area contributed by atoms with Crippen molar-refractivity contribution in [3.63, 3.8) is 0 Å². The first-order valence-electron chi connectivity index (χ1n) is 4.57. The Labute approximate surface area is 112 Å². The molecule has 16 heavy (non-hydrogen) atoms. The number of furan rings is 1. The van der Waals surface area contributed by atoms with Crippen LogP contribution in [0.25, 0.3) is 0 Å². The Bertz CT molecular complexity index is 485. The molecule has 0 amide bonds. The first-order valence-corrected chi connectivity index (χ1v) is 6.12. The average Bonchev–Trinajstić information content (AvgIpc) is 2.78. The van der Waals surface area contributed by atoms with E-state index in [1.165, 1.54) is 0 Å². The number of rotatable bonds is 3. The minimum Gasteiger partial charge on any atom is -0.472 e. The SMILES string of the molecule is Clc1c(Br)ccc(NCc2ccoc2)c1Cl. The van der Waals surface area contributed by atoms with Crippen molar-refractivity contribution in [1.82, 2.24) is 0 Å². The summed E-state index contributed by atoms with van der Waals surface area (Å²) in [5.41, 5.74) is 1.85. The van der Waals surface area contributed by atoms with Crippen molar-refractivity contribution >= 4 is 44.8 Å². The zero-order valence-electron chi connectivity index (χ0n) is 8.14. The van der Waals surface area contributed by atoms with Crippen molar-refractivity contribution < 1.29 is 4.42 Å². The Morgan fingerprint density at radius 1 is 1.19 bits per heavy atom. The third-order valence-corrected chi connectivity index (χ3v) is 3.87. The van der Waals surface area contributed by atoms with Crippen molar-refractivity contribution in [2.75, 3.05) is 5.32 Å². The normalized spacial score (nSPS) is 10.4. The Kier molecular flexibility index (Phi) is 3.79. The van der Waals surface area contributed by atoms with Crippen molar-refractivity contribution in [2.24, 2.45) is 0 Å². The minimum atomic E-state index is 0.513. The van der Waals surface area contributed by atoms with Crippen LogP contribution < -0.4 is 5.32 Å². The van der Waals surface area contributed by atoms with E-state index < -0.39 is 0 Å². The van der Waals surface area contributed by atoms with Crippen molar-refractivity contribution in [3.05, 3.63) is 50.8 Å². The smallest absolute Gasteiger partial charge is 0.0952 e. The number of nitrogens with one attached hydrogen (secondary N) is 1. The lowest BCUT2D eigenvalue weighted by molar-refractivity contribution is 0.564. The van der Waals surface area contributed by atoms with E-state index in [9.17, 15) is 0 Å². The molecule has 1 heterocycles. The molecule has 0 aliphatic rings. The van der Waals surface area contributed by atoms with E-state index in [0.717, 1.165) is 15.7 Å². The van der Waals surface area contributed by atoms with Crippen molar-refractivity contribution in [3.8, 4) is 0 Å². The van der Waals surface area contributed by atoms with Gasteiger partial charge < -0.3 is 9.73 Å². The summed E-state index contributed by atoms with van der Waals surface area (Å²) in [6, 6.07) is 5.62. The highest BCUT2D eigenvalue weighted by atomic mass is 79.9. The molecule has 2 rings (SSSR count). The molecule has 0 aliphatic heterocycles. The molecule has 1 N–H and O–H groups in total. The topological polar surface area (TPSA) is 25.2 Å². The highest BCUT2D eigenvalue weighted by molar-refractivity contribution is 9.10. The maximum atomic E-state index is 6.09. The van der Waals surface area contributed by atoms with Crippen LogP contribution in [0.4, 0.5) is 5.69 Å². The van der Waals surface area contributed by atoms with Crippen LogP contribution in [-0.4, -0.2) is 0 Å². The van der Waals surface area contributed by atoms with Crippen LogP contribution >= 0.6 is 39.1 Å². The molecule has 2 aromatic rings. The summed E-state index contributed by atoms with van der Waals surface area (Å²) in [6.07, 6.45) is 3.31. The maximum absolute atomic E-state index is 6.09. The molecular formula is C11H8BrCl2NO. The van der Waals surface area contributed by atoms with E-state index in [-0.39, 0.29) is 0 Å². The third kappa shape index (κ3) is 2.54. The summed E-state index contributed by atoms with van der Waals surface area (Å²) in [4.78, 5) is 0. The van der Waals surface area contributed by atoms with Gasteiger partial charge in [-0.2, -0.15) is 0 Å². The van der Waals surface area contributed by atoms with E-state index in [2.05, 4.69) is 21.2 Å². The number of benzene rings is 1. The lowest BCUT2D eigenvalue weighted by Crippen LogP contribution is -1.98. The average molecular weight is 321 g/mol. The van der Waals surface area contributed by atoms with Crippen LogP contribution in [0.15, 0.2) is 39.6 Å². The highest BCUT2D eigenvalue weighted by Crippen LogP contribution is 2.35. The summed E-state index contributed by atoms with van der Waals surface area (Å²) < 4.78 is 5.75. The van der Waals surface area contributed by atoms with E-state index in [0.29, 0.717) is 16.6 Å². The Morgan fingerprint density at radius 2 is 2.00 bits per heavy atom. The fraction of sp³-hybridized carbons (Fsp3) is 0.0909. The lowest BCUT2D eigenvalue weighted by atomic mass is 10.3. The van der Waals surface area contributed by atoms with Crippen molar-refractivity contribution in [1.29, 1.82) is 0 Å². The van der Waals surface area contributed by atoms with Crippen LogP contribution in [-0.2, 0) is 6.54 Å². The first-order chi connectivity index (χ1) is 7.68. The minimum absolute atomic E-state index is 0.513. The summed E-state index contributed by atoms with van der Waals surface area (Å²) >= 11 is 15.4. The Morgan fingerprint density at radius 3 is 2.69 bits per heavy atom. The predicted molar refractivity (Wildman–Crippen MR) is 70.2 cm³/mol. The second kappa shape index (κ2) is 5.13. The van der Waals surface area contributed by atoms with Crippen LogP contribution in [0.2, 0.25) is 10.0 Å². The third-order valence-electron chi connectivity index (χ3n) is 2.10. The second-order valence-corrected chi connectivity index (χ2v) is 4.82. The molecule has 0 atom stereocenters. The molecule has 1 aromatic carbocycles. The summed E-state index contributed by atoms with van der Waals surface area (Å²) in [6.45, 7) is 0.647. The largest absolute Gasteiger partial charge is 0.472 e. The van der Waals surface area contributed by atoms with Crippen LogP contribution in [0.3, 0.4) is 0 Å². The fourth-order valence-corrected chi connectivity index (χ4v) is 2.09. The van der Waals surface area contributed by atoms with Gasteiger partial charge in [0.1, 0.15) is 0 Å². The standard InChI is InChI=1S/C11H8BrCl2NO/c12-8-1-2-9(11(14)10(8)13)15-5-7-3-4-16-6-7/h1-4,6,15H,5H2. The lowest BCUT2D eigenvalue weighted by Gasteiger charge is -2.09. The maximum Gasteiger partial charge on any atom is 0.0952 e. The Balaban J connectivity index is 2.13. The molecule has 0 saturated heterocycles. The molecule has 0 fully saturated rings. The van der Waals surface area contributed by atoms with Gasteiger partial charge in [0.25, 0.3) is 0 Å². The first kappa shape index (κ1) is 11.8. The monoisotopic (exact) mass is 319 g/mol. The summed E-state index contributed by atoms with van der Waals surface area (Å²) in [5.74, 6) is 0. The van der Waals surface area contributed by atoms with E-state index in [4.69, 9.17) is 27.6 Å².